The molecule has 0 saturated carbocycles. The van der Waals surface area contributed by atoms with Gasteiger partial charge in [-0.15, -0.1) is 6.07 Å². The van der Waals surface area contributed by atoms with Crippen molar-refractivity contribution in [3.8, 4) is 0 Å². The molecule has 0 aliphatic carbocycles. The van der Waals surface area contributed by atoms with Gasteiger partial charge in [0.25, 0.3) is 0 Å². The van der Waals surface area contributed by atoms with Crippen LogP contribution in [0.25, 0.3) is 0 Å². The summed E-state index contributed by atoms with van der Waals surface area (Å²) >= 11 is 0. The molecule has 1 heterocycles. The van der Waals surface area contributed by atoms with Crippen molar-refractivity contribution in [1.29, 1.82) is 0 Å². The van der Waals surface area contributed by atoms with Crippen LogP contribution >= 0.6 is 0 Å². The quantitative estimate of drug-likeness (QED) is 0.513. The number of nitrogens with one attached hydrogen (secondary N) is 1. The predicted molar refractivity (Wildman–Crippen MR) is 84.3 cm³/mol. The molecule has 0 aliphatic heterocycles. The normalized spacial score (nSPS) is 8.42. The predicted octanol–water partition coefficient (Wildman–Crippen LogP) is 3.60. The number of hydrogen-bond donors (Lipinski definition) is 1. The summed E-state index contributed by atoms with van der Waals surface area (Å²) in [7, 11) is 0. The Morgan fingerprint density at radius 3 is 1.89 bits per heavy atom. The van der Waals surface area contributed by atoms with Crippen LogP contribution in [0, 0.1) is 18.8 Å². The zero-order valence-corrected chi connectivity index (χ0v) is 15.2. The van der Waals surface area contributed by atoms with Crippen molar-refractivity contribution in [1.82, 2.24) is 4.98 Å². The molecule has 1 amide bonds. The molecule has 1 N–H and O–H groups in total. The van der Waals surface area contributed by atoms with Crippen molar-refractivity contribution in [2.45, 2.75) is 41.5 Å². The fourth-order valence-electron chi connectivity index (χ4n) is 0.599. The van der Waals surface area contributed by atoms with E-state index in [0.717, 1.165) is 0 Å². The third kappa shape index (κ3) is 23.3. The van der Waals surface area contributed by atoms with E-state index in [-0.39, 0.29) is 37.7 Å². The van der Waals surface area contributed by atoms with Gasteiger partial charge in [0.15, 0.2) is 0 Å². The third-order valence-electron chi connectivity index (χ3n) is 1.06. The van der Waals surface area contributed by atoms with E-state index in [1.165, 1.54) is 18.2 Å². The first-order valence-electron chi connectivity index (χ1n) is 5.74. The van der Waals surface area contributed by atoms with E-state index in [1.54, 1.807) is 18.3 Å². The standard InChI is InChI=1S/C7H6N2O.2C4H9.Ca/c1-6-3-2-4-8-7(6)9-5-10;2*1-4(2)3;/h2-4H,1H2,(H,8,9,10);2*1-3H3;/q-2;2*-1;+2. The smallest absolute Gasteiger partial charge is 0.477 e. The molecular weight excluding hydrogens is 264 g/mol. The molecule has 3 nitrogen and oxygen atoms in total. The van der Waals surface area contributed by atoms with Gasteiger partial charge in [0.05, 0.1) is 6.41 Å². The Kier molecular flexibility index (Phi) is 19.8. The Morgan fingerprint density at radius 2 is 1.58 bits per heavy atom. The first-order valence-corrected chi connectivity index (χ1v) is 5.74. The number of rotatable bonds is 2. The maximum Gasteiger partial charge on any atom is 2.00 e. The molecule has 1 aromatic rings. The van der Waals surface area contributed by atoms with E-state index in [0.29, 0.717) is 11.4 Å². The van der Waals surface area contributed by atoms with Gasteiger partial charge in [-0.25, -0.2) is 6.92 Å². The molecule has 0 aromatic carbocycles. The largest absolute Gasteiger partial charge is 2.00 e. The van der Waals surface area contributed by atoms with Gasteiger partial charge in [0.2, 0.25) is 0 Å². The molecule has 0 aliphatic rings. The zero-order chi connectivity index (χ0) is 14.6. The Labute approximate surface area is 148 Å². The van der Waals surface area contributed by atoms with Crippen molar-refractivity contribution >= 4 is 50.0 Å². The summed E-state index contributed by atoms with van der Waals surface area (Å²) in [4.78, 5) is 13.7. The number of aromatic nitrogens is 1. The summed E-state index contributed by atoms with van der Waals surface area (Å²) < 4.78 is 0. The Morgan fingerprint density at radius 1 is 1.16 bits per heavy atom. The van der Waals surface area contributed by atoms with Gasteiger partial charge in [0.1, 0.15) is 0 Å². The van der Waals surface area contributed by atoms with E-state index < -0.39 is 0 Å². The van der Waals surface area contributed by atoms with Crippen LogP contribution in [-0.4, -0.2) is 49.1 Å². The molecule has 0 unspecified atom stereocenters. The van der Waals surface area contributed by atoms with Crippen LogP contribution in [0.4, 0.5) is 5.82 Å². The molecule has 4 heteroatoms. The first-order chi connectivity index (χ1) is 8.31. The average Bonchev–Trinajstić information content (AvgIpc) is 2.20. The van der Waals surface area contributed by atoms with Crippen LogP contribution in [0.15, 0.2) is 18.3 Å². The van der Waals surface area contributed by atoms with Gasteiger partial charge in [0, 0.05) is 0 Å². The van der Waals surface area contributed by atoms with Gasteiger partial charge in [-0.05, 0) is 12.0 Å². The number of anilines is 1. The molecule has 1 rings (SSSR count). The van der Waals surface area contributed by atoms with Crippen molar-refractivity contribution < 1.29 is 4.79 Å². The minimum atomic E-state index is 0. The Hall–Kier alpha value is -0.250. The molecule has 1 aromatic heterocycles. The summed E-state index contributed by atoms with van der Waals surface area (Å²) in [6, 6.07) is 3.50. The number of amides is 1. The summed E-state index contributed by atoms with van der Waals surface area (Å²) in [5, 5.41) is 2.30. The molecule has 19 heavy (non-hydrogen) atoms. The molecule has 104 valence electrons. The first kappa shape index (κ1) is 23.8. The van der Waals surface area contributed by atoms with Crippen molar-refractivity contribution in [3.05, 3.63) is 42.7 Å². The maximum atomic E-state index is 9.82. The second kappa shape index (κ2) is 15.8. The van der Waals surface area contributed by atoms with E-state index in [2.05, 4.69) is 58.8 Å². The van der Waals surface area contributed by atoms with E-state index in [9.17, 15) is 4.79 Å². The van der Waals surface area contributed by atoms with Crippen molar-refractivity contribution in [2.24, 2.45) is 0 Å². The summed E-state index contributed by atoms with van der Waals surface area (Å²) in [5.74, 6) is 3.29. The van der Waals surface area contributed by atoms with Crippen LogP contribution in [0.5, 0.6) is 0 Å². The maximum absolute atomic E-state index is 9.82. The molecule has 0 saturated heterocycles. The van der Waals surface area contributed by atoms with Crippen molar-refractivity contribution in [2.75, 3.05) is 5.32 Å². The fourth-order valence-corrected chi connectivity index (χ4v) is 0.599. The second-order valence-corrected chi connectivity index (χ2v) is 4.74. The van der Waals surface area contributed by atoms with Crippen LogP contribution in [0.2, 0.25) is 0 Å². The van der Waals surface area contributed by atoms with Gasteiger partial charge in [-0.3, -0.25) is 0 Å². The van der Waals surface area contributed by atoms with Crippen molar-refractivity contribution in [3.63, 3.8) is 0 Å². The topological polar surface area (TPSA) is 42.0 Å². The average molecular weight is 288 g/mol. The molecule has 0 atom stereocenters. The van der Waals surface area contributed by atoms with E-state index in [4.69, 9.17) is 0 Å². The number of hydrogen-bond acceptors (Lipinski definition) is 2. The molecule has 0 fully saturated rings. The van der Waals surface area contributed by atoms with Crippen LogP contribution in [-0.2, 0) is 4.79 Å². The SMILES string of the molecule is C[C-](C)C.C[C-](C)C.[CH2-]c1cccnc1N[C-]=O.[Ca+2]. The molecule has 0 spiro atoms. The molecule has 0 radical (unpaired) electrons. The number of nitrogens with zero attached hydrogens (tertiary/aromatic N) is 1. The van der Waals surface area contributed by atoms with Crippen LogP contribution < -0.4 is 5.32 Å². The van der Waals surface area contributed by atoms with Crippen LogP contribution in [0.1, 0.15) is 47.1 Å². The summed E-state index contributed by atoms with van der Waals surface area (Å²) in [6.45, 7) is 16.1. The monoisotopic (exact) mass is 288 g/mol. The Balaban J connectivity index is -0.000000242. The minimum Gasteiger partial charge on any atom is -0.477 e. The van der Waals surface area contributed by atoms with Gasteiger partial charge < -0.3 is 26.9 Å². The van der Waals surface area contributed by atoms with E-state index in [1.807, 2.05) is 0 Å². The van der Waals surface area contributed by atoms with Crippen LogP contribution in [0.3, 0.4) is 0 Å². The summed E-state index contributed by atoms with van der Waals surface area (Å²) in [6.07, 6.45) is 3.10. The number of pyridine rings is 1. The summed E-state index contributed by atoms with van der Waals surface area (Å²) in [5.41, 5.74) is 0.686. The molecule has 0 bridgehead atoms. The third-order valence-corrected chi connectivity index (χ3v) is 1.06. The molecular formula is C15H24CaN2O-2. The van der Waals surface area contributed by atoms with Gasteiger partial charge in [-0.2, -0.15) is 53.2 Å². The van der Waals surface area contributed by atoms with E-state index >= 15 is 0 Å². The van der Waals surface area contributed by atoms with Gasteiger partial charge >= 0.3 is 37.7 Å². The fraction of sp³-hybridized carbons (Fsp3) is 0.400. The van der Waals surface area contributed by atoms with Gasteiger partial charge in [-0.1, -0.05) is 0 Å². The Bertz CT molecular complexity index is 303. The second-order valence-electron chi connectivity index (χ2n) is 4.74. The zero-order valence-electron chi connectivity index (χ0n) is 13.0. The minimum absolute atomic E-state index is 0. The number of carbonyl (C=O) groups excluding carboxylic acids is 1.